The molecule has 66 heavy (non-hydrogen) atoms. The third kappa shape index (κ3) is 5.71. The van der Waals surface area contributed by atoms with E-state index in [1.807, 2.05) is 30.3 Å². The van der Waals surface area contributed by atoms with E-state index in [1.165, 1.54) is 27.8 Å². The molecule has 0 amide bonds. The standard InChI is InChI=1S/C62H42N2O2/c1-61(2)48-20-7-9-22-50(48)62(51-23-10-8-21-49(51)61)52-24-11-13-26-57(52)65-58-37-44(35-36-53(58)62)39-27-33-43(34-28-39)60-63-54(41-15-4-3-5-16-41)38-55(64-60)42-31-29-40(30-32-42)45-18-14-19-47-46-17-6-12-25-56(46)66-59(45)47/h3-38H,1-2H3. The number of rotatable bonds is 5. The van der Waals surface area contributed by atoms with Gasteiger partial charge < -0.3 is 9.15 Å². The molecule has 11 aromatic rings. The number of furan rings is 1. The van der Waals surface area contributed by atoms with Crippen molar-refractivity contribution in [1.29, 1.82) is 0 Å². The molecule has 13 rings (SSSR count). The summed E-state index contributed by atoms with van der Waals surface area (Å²) in [6.45, 7) is 4.70. The van der Waals surface area contributed by atoms with E-state index < -0.39 is 5.41 Å². The van der Waals surface area contributed by atoms with Gasteiger partial charge in [-0.15, -0.1) is 0 Å². The summed E-state index contributed by atoms with van der Waals surface area (Å²) in [5.41, 5.74) is 17.7. The fraction of sp³-hybridized carbons (Fsp3) is 0.0645. The summed E-state index contributed by atoms with van der Waals surface area (Å²) in [6, 6.07) is 77.5. The second-order valence-electron chi connectivity index (χ2n) is 18.0. The summed E-state index contributed by atoms with van der Waals surface area (Å²) in [5, 5.41) is 2.24. The number of ether oxygens (including phenoxy) is 1. The number of fused-ring (bicyclic) bond motifs is 11. The number of hydrogen-bond acceptors (Lipinski definition) is 4. The third-order valence-electron chi connectivity index (χ3n) is 14.1. The zero-order chi connectivity index (χ0) is 44.0. The van der Waals surface area contributed by atoms with Crippen LogP contribution >= 0.6 is 0 Å². The van der Waals surface area contributed by atoms with Crippen molar-refractivity contribution in [1.82, 2.24) is 9.97 Å². The Bertz CT molecular complexity index is 3650. The Balaban J connectivity index is 0.881. The monoisotopic (exact) mass is 846 g/mol. The molecule has 1 spiro atoms. The Morgan fingerprint density at radius 1 is 0.364 bits per heavy atom. The van der Waals surface area contributed by atoms with Crippen LogP contribution in [0.25, 0.3) is 78.1 Å². The van der Waals surface area contributed by atoms with Crippen LogP contribution in [-0.2, 0) is 10.8 Å². The van der Waals surface area contributed by atoms with E-state index in [1.54, 1.807) is 0 Å². The molecule has 312 valence electrons. The molecule has 4 heteroatoms. The summed E-state index contributed by atoms with van der Waals surface area (Å²) in [6.07, 6.45) is 0. The average Bonchev–Trinajstić information content (AvgIpc) is 3.77. The lowest BCUT2D eigenvalue weighted by atomic mass is 9.53. The van der Waals surface area contributed by atoms with E-state index in [9.17, 15) is 0 Å². The minimum Gasteiger partial charge on any atom is -0.457 e. The van der Waals surface area contributed by atoms with Crippen molar-refractivity contribution in [3.05, 3.63) is 252 Å². The lowest BCUT2D eigenvalue weighted by molar-refractivity contribution is 0.425. The molecular weight excluding hydrogens is 805 g/mol. The van der Waals surface area contributed by atoms with Gasteiger partial charge >= 0.3 is 0 Å². The topological polar surface area (TPSA) is 48.2 Å². The van der Waals surface area contributed by atoms with Crippen LogP contribution in [0.3, 0.4) is 0 Å². The Hall–Kier alpha value is -8.34. The molecule has 4 nitrogen and oxygen atoms in total. The summed E-state index contributed by atoms with van der Waals surface area (Å²) in [4.78, 5) is 10.4. The summed E-state index contributed by atoms with van der Waals surface area (Å²) in [7, 11) is 0. The largest absolute Gasteiger partial charge is 0.457 e. The van der Waals surface area contributed by atoms with Crippen LogP contribution < -0.4 is 4.74 Å². The molecule has 0 fully saturated rings. The first-order valence-corrected chi connectivity index (χ1v) is 22.6. The van der Waals surface area contributed by atoms with Crippen molar-refractivity contribution in [2.24, 2.45) is 0 Å². The van der Waals surface area contributed by atoms with Crippen molar-refractivity contribution in [3.8, 4) is 67.7 Å². The zero-order valence-corrected chi connectivity index (χ0v) is 36.5. The van der Waals surface area contributed by atoms with E-state index in [2.05, 4.69) is 202 Å². The van der Waals surface area contributed by atoms with Gasteiger partial charge in [0, 0.05) is 49.6 Å². The maximum atomic E-state index is 6.89. The predicted octanol–water partition coefficient (Wildman–Crippen LogP) is 15.8. The fourth-order valence-electron chi connectivity index (χ4n) is 10.9. The first kappa shape index (κ1) is 38.1. The molecule has 1 aliphatic carbocycles. The van der Waals surface area contributed by atoms with Gasteiger partial charge in [0.25, 0.3) is 0 Å². The van der Waals surface area contributed by atoms with Crippen LogP contribution in [0.2, 0.25) is 0 Å². The minimum atomic E-state index is -0.545. The molecule has 9 aromatic carbocycles. The van der Waals surface area contributed by atoms with E-state index in [0.717, 1.165) is 89.3 Å². The van der Waals surface area contributed by atoms with Gasteiger partial charge in [-0.25, -0.2) is 9.97 Å². The first-order valence-electron chi connectivity index (χ1n) is 22.6. The number of aromatic nitrogens is 2. The number of para-hydroxylation sites is 3. The van der Waals surface area contributed by atoms with Crippen molar-refractivity contribution >= 4 is 21.9 Å². The average molecular weight is 847 g/mol. The summed E-state index contributed by atoms with van der Waals surface area (Å²) in [5.74, 6) is 2.41. The van der Waals surface area contributed by atoms with Gasteiger partial charge in [0.1, 0.15) is 22.7 Å². The van der Waals surface area contributed by atoms with Crippen molar-refractivity contribution in [2.75, 3.05) is 0 Å². The van der Waals surface area contributed by atoms with E-state index in [-0.39, 0.29) is 5.41 Å². The molecule has 2 aromatic heterocycles. The van der Waals surface area contributed by atoms with Crippen LogP contribution in [0.1, 0.15) is 47.2 Å². The maximum absolute atomic E-state index is 6.89. The smallest absolute Gasteiger partial charge is 0.160 e. The van der Waals surface area contributed by atoms with Gasteiger partial charge in [0.05, 0.1) is 16.8 Å². The fourth-order valence-corrected chi connectivity index (χ4v) is 10.9. The highest BCUT2D eigenvalue weighted by Crippen LogP contribution is 2.61. The van der Waals surface area contributed by atoms with Gasteiger partial charge in [-0.2, -0.15) is 0 Å². The number of hydrogen-bond donors (Lipinski definition) is 0. The Kier molecular flexibility index (Phi) is 8.44. The quantitative estimate of drug-likeness (QED) is 0.173. The lowest BCUT2D eigenvalue weighted by Gasteiger charge is -2.50. The number of benzene rings is 9. The summed E-state index contributed by atoms with van der Waals surface area (Å²) < 4.78 is 13.3. The van der Waals surface area contributed by atoms with Crippen molar-refractivity contribution < 1.29 is 9.15 Å². The van der Waals surface area contributed by atoms with Crippen molar-refractivity contribution in [3.63, 3.8) is 0 Å². The second kappa shape index (κ2) is 14.6. The second-order valence-corrected chi connectivity index (χ2v) is 18.0. The maximum Gasteiger partial charge on any atom is 0.160 e. The molecule has 0 bridgehead atoms. The molecule has 0 saturated heterocycles. The summed E-state index contributed by atoms with van der Waals surface area (Å²) >= 11 is 0. The highest BCUT2D eigenvalue weighted by atomic mass is 16.5. The molecule has 0 atom stereocenters. The SMILES string of the molecule is CC1(C)c2ccccc2C2(c3ccccc3Oc3cc(-c4ccc(-c5nc(-c6ccccc6)cc(-c6ccc(-c7cccc8c7oc7ccccc78)cc6)n5)cc4)ccc32)c2ccccc21. The minimum absolute atomic E-state index is 0.171. The first-order chi connectivity index (χ1) is 32.4. The van der Waals surface area contributed by atoms with E-state index >= 15 is 0 Å². The van der Waals surface area contributed by atoms with Gasteiger partial charge in [-0.3, -0.25) is 0 Å². The van der Waals surface area contributed by atoms with E-state index in [4.69, 9.17) is 19.1 Å². The van der Waals surface area contributed by atoms with Crippen LogP contribution in [0.5, 0.6) is 11.5 Å². The van der Waals surface area contributed by atoms with Crippen LogP contribution in [0.15, 0.2) is 223 Å². The highest BCUT2D eigenvalue weighted by molar-refractivity contribution is 6.09. The number of nitrogens with zero attached hydrogens (tertiary/aromatic N) is 2. The third-order valence-corrected chi connectivity index (χ3v) is 14.1. The van der Waals surface area contributed by atoms with Crippen LogP contribution in [-0.4, -0.2) is 9.97 Å². The Labute approximate surface area is 383 Å². The van der Waals surface area contributed by atoms with Gasteiger partial charge in [0.2, 0.25) is 0 Å². The molecule has 2 aliphatic rings. The lowest BCUT2D eigenvalue weighted by Crippen LogP contribution is -2.43. The van der Waals surface area contributed by atoms with Crippen molar-refractivity contribution in [2.45, 2.75) is 24.7 Å². The van der Waals surface area contributed by atoms with Crippen LogP contribution in [0, 0.1) is 0 Å². The molecule has 0 unspecified atom stereocenters. The zero-order valence-electron chi connectivity index (χ0n) is 36.5. The molecule has 1 aliphatic heterocycles. The van der Waals surface area contributed by atoms with Gasteiger partial charge in [-0.1, -0.05) is 208 Å². The Morgan fingerprint density at radius 2 is 0.894 bits per heavy atom. The molecule has 0 radical (unpaired) electrons. The van der Waals surface area contributed by atoms with Gasteiger partial charge in [0.15, 0.2) is 5.82 Å². The van der Waals surface area contributed by atoms with Crippen LogP contribution in [0.4, 0.5) is 0 Å². The molecule has 3 heterocycles. The molecule has 0 N–H and O–H groups in total. The van der Waals surface area contributed by atoms with Gasteiger partial charge in [-0.05, 0) is 63.2 Å². The Morgan fingerprint density at radius 3 is 1.62 bits per heavy atom. The van der Waals surface area contributed by atoms with E-state index in [0.29, 0.717) is 5.82 Å². The highest BCUT2D eigenvalue weighted by Gasteiger charge is 2.52. The molecule has 0 saturated carbocycles. The predicted molar refractivity (Wildman–Crippen MR) is 267 cm³/mol. The molecular formula is C62H42N2O2. The normalized spacial score (nSPS) is 14.0.